The van der Waals surface area contributed by atoms with Crippen LogP contribution in [0.3, 0.4) is 0 Å². The molecule has 5 nitrogen and oxygen atoms in total. The fraction of sp³-hybridized carbons (Fsp3) is 0.533. The van der Waals surface area contributed by atoms with E-state index in [-0.39, 0.29) is 6.03 Å². The fourth-order valence-electron chi connectivity index (χ4n) is 1.94. The van der Waals surface area contributed by atoms with Gasteiger partial charge in [0.2, 0.25) is 0 Å². The molecular formula is C15H26N4O. The molecule has 20 heavy (non-hydrogen) atoms. The zero-order chi connectivity index (χ0) is 14.8. The lowest BCUT2D eigenvalue weighted by molar-refractivity contribution is 0.250. The Labute approximate surface area is 121 Å². The predicted octanol–water partition coefficient (Wildman–Crippen LogP) is 2.00. The molecule has 0 unspecified atom stereocenters. The lowest BCUT2D eigenvalue weighted by Gasteiger charge is -2.17. The van der Waals surface area contributed by atoms with Crippen molar-refractivity contribution < 1.29 is 4.79 Å². The molecule has 0 spiro atoms. The Morgan fingerprint density at radius 3 is 2.40 bits per heavy atom. The van der Waals surface area contributed by atoms with Crippen molar-refractivity contribution in [1.29, 1.82) is 0 Å². The summed E-state index contributed by atoms with van der Waals surface area (Å²) in [5.74, 6) is 0. The average molecular weight is 278 g/mol. The molecule has 0 saturated carbocycles. The minimum atomic E-state index is -0.162. The summed E-state index contributed by atoms with van der Waals surface area (Å²) < 4.78 is 0. The Morgan fingerprint density at radius 2 is 1.85 bits per heavy atom. The van der Waals surface area contributed by atoms with Crippen LogP contribution in [0.4, 0.5) is 10.5 Å². The zero-order valence-corrected chi connectivity index (χ0v) is 12.5. The maximum atomic E-state index is 11.7. The number of benzene rings is 1. The van der Waals surface area contributed by atoms with Crippen molar-refractivity contribution in [3.05, 3.63) is 29.8 Å². The summed E-state index contributed by atoms with van der Waals surface area (Å²) in [5.41, 5.74) is 7.36. The van der Waals surface area contributed by atoms with E-state index in [1.807, 2.05) is 24.3 Å². The van der Waals surface area contributed by atoms with Gasteiger partial charge in [0.15, 0.2) is 0 Å². The summed E-state index contributed by atoms with van der Waals surface area (Å²) in [4.78, 5) is 14.0. The predicted molar refractivity (Wildman–Crippen MR) is 83.8 cm³/mol. The number of rotatable bonds is 8. The first-order valence-electron chi connectivity index (χ1n) is 7.25. The van der Waals surface area contributed by atoms with Crippen molar-refractivity contribution >= 4 is 11.7 Å². The lowest BCUT2D eigenvalue weighted by atomic mass is 10.2. The second-order valence-corrected chi connectivity index (χ2v) is 4.66. The van der Waals surface area contributed by atoms with Crippen LogP contribution in [-0.4, -0.2) is 37.1 Å². The number of nitrogens with zero attached hydrogens (tertiary/aromatic N) is 1. The summed E-state index contributed by atoms with van der Waals surface area (Å²) in [7, 11) is 0. The third-order valence-corrected chi connectivity index (χ3v) is 3.28. The van der Waals surface area contributed by atoms with E-state index in [9.17, 15) is 4.79 Å². The fourth-order valence-corrected chi connectivity index (χ4v) is 1.94. The van der Waals surface area contributed by atoms with Crippen LogP contribution in [0, 0.1) is 0 Å². The van der Waals surface area contributed by atoms with E-state index in [1.54, 1.807) is 0 Å². The van der Waals surface area contributed by atoms with Crippen molar-refractivity contribution in [3.8, 4) is 0 Å². The van der Waals surface area contributed by atoms with Crippen molar-refractivity contribution in [2.75, 3.05) is 31.5 Å². The van der Waals surface area contributed by atoms with Gasteiger partial charge in [-0.05, 0) is 43.8 Å². The Hall–Kier alpha value is -1.59. The first-order valence-corrected chi connectivity index (χ1v) is 7.25. The van der Waals surface area contributed by atoms with Gasteiger partial charge in [-0.2, -0.15) is 0 Å². The lowest BCUT2D eigenvalue weighted by Crippen LogP contribution is -2.32. The van der Waals surface area contributed by atoms with Gasteiger partial charge in [0.05, 0.1) is 0 Å². The highest BCUT2D eigenvalue weighted by Gasteiger charge is 2.02. The van der Waals surface area contributed by atoms with Gasteiger partial charge in [0.1, 0.15) is 0 Å². The molecule has 0 fully saturated rings. The third kappa shape index (κ3) is 6.04. The maximum absolute atomic E-state index is 11.7. The van der Waals surface area contributed by atoms with E-state index in [2.05, 4.69) is 29.4 Å². The van der Waals surface area contributed by atoms with Crippen LogP contribution in [0.5, 0.6) is 0 Å². The van der Waals surface area contributed by atoms with E-state index < -0.39 is 0 Å². The molecule has 0 radical (unpaired) electrons. The van der Waals surface area contributed by atoms with Crippen molar-refractivity contribution in [3.63, 3.8) is 0 Å². The van der Waals surface area contributed by atoms with Gasteiger partial charge in [-0.1, -0.05) is 26.0 Å². The SMILES string of the molecule is CCN(CC)CCCNC(=O)Nc1ccc(CN)cc1. The van der Waals surface area contributed by atoms with Gasteiger partial charge < -0.3 is 21.3 Å². The minimum Gasteiger partial charge on any atom is -0.338 e. The van der Waals surface area contributed by atoms with Gasteiger partial charge in [-0.15, -0.1) is 0 Å². The maximum Gasteiger partial charge on any atom is 0.319 e. The molecule has 0 heterocycles. The Balaban J connectivity index is 2.22. The molecule has 5 heteroatoms. The number of nitrogens with one attached hydrogen (secondary N) is 2. The zero-order valence-electron chi connectivity index (χ0n) is 12.5. The number of hydrogen-bond acceptors (Lipinski definition) is 3. The van der Waals surface area contributed by atoms with Crippen LogP contribution >= 0.6 is 0 Å². The molecule has 0 aromatic heterocycles. The number of amides is 2. The molecule has 1 rings (SSSR count). The minimum absolute atomic E-state index is 0.162. The highest BCUT2D eigenvalue weighted by Crippen LogP contribution is 2.08. The van der Waals surface area contributed by atoms with E-state index in [0.717, 1.165) is 37.3 Å². The number of urea groups is 1. The molecular weight excluding hydrogens is 252 g/mol. The van der Waals surface area contributed by atoms with E-state index in [0.29, 0.717) is 13.1 Å². The van der Waals surface area contributed by atoms with Crippen molar-refractivity contribution in [1.82, 2.24) is 10.2 Å². The largest absolute Gasteiger partial charge is 0.338 e. The number of hydrogen-bond donors (Lipinski definition) is 3. The number of nitrogens with two attached hydrogens (primary N) is 1. The Morgan fingerprint density at radius 1 is 1.20 bits per heavy atom. The second kappa shape index (κ2) is 9.34. The first-order chi connectivity index (χ1) is 9.69. The average Bonchev–Trinajstić information content (AvgIpc) is 2.48. The summed E-state index contributed by atoms with van der Waals surface area (Å²) in [5, 5.41) is 5.67. The molecule has 0 aliphatic carbocycles. The van der Waals surface area contributed by atoms with Crippen LogP contribution in [0.2, 0.25) is 0 Å². The van der Waals surface area contributed by atoms with Crippen molar-refractivity contribution in [2.45, 2.75) is 26.8 Å². The molecule has 1 aromatic carbocycles. The second-order valence-electron chi connectivity index (χ2n) is 4.66. The van der Waals surface area contributed by atoms with E-state index in [1.165, 1.54) is 0 Å². The normalized spacial score (nSPS) is 10.6. The molecule has 2 amide bonds. The van der Waals surface area contributed by atoms with Crippen LogP contribution in [-0.2, 0) is 6.54 Å². The molecule has 0 bridgehead atoms. The highest BCUT2D eigenvalue weighted by molar-refractivity contribution is 5.89. The van der Waals surface area contributed by atoms with Crippen LogP contribution < -0.4 is 16.4 Å². The molecule has 0 aliphatic rings. The van der Waals surface area contributed by atoms with Crippen LogP contribution in [0.1, 0.15) is 25.8 Å². The quantitative estimate of drug-likeness (QED) is 0.637. The topological polar surface area (TPSA) is 70.4 Å². The molecule has 4 N–H and O–H groups in total. The van der Waals surface area contributed by atoms with Crippen molar-refractivity contribution in [2.24, 2.45) is 5.73 Å². The summed E-state index contributed by atoms with van der Waals surface area (Å²) in [6, 6.07) is 7.38. The number of anilines is 1. The molecule has 112 valence electrons. The Bertz CT molecular complexity index is 387. The molecule has 0 saturated heterocycles. The number of carbonyl (C=O) groups excluding carboxylic acids is 1. The first kappa shape index (κ1) is 16.5. The van der Waals surface area contributed by atoms with Gasteiger partial charge in [0, 0.05) is 18.8 Å². The van der Waals surface area contributed by atoms with E-state index in [4.69, 9.17) is 5.73 Å². The Kier molecular flexibility index (Phi) is 7.69. The molecule has 1 aromatic rings. The van der Waals surface area contributed by atoms with Gasteiger partial charge in [-0.3, -0.25) is 0 Å². The number of carbonyl (C=O) groups is 1. The third-order valence-electron chi connectivity index (χ3n) is 3.28. The standard InChI is InChI=1S/C15H26N4O/c1-3-19(4-2)11-5-10-17-15(20)18-14-8-6-13(12-16)7-9-14/h6-9H,3-5,10-12,16H2,1-2H3,(H2,17,18,20). The summed E-state index contributed by atoms with van der Waals surface area (Å²) in [6.07, 6.45) is 0.960. The van der Waals surface area contributed by atoms with Gasteiger partial charge >= 0.3 is 6.03 Å². The molecule has 0 aliphatic heterocycles. The van der Waals surface area contributed by atoms with E-state index >= 15 is 0 Å². The smallest absolute Gasteiger partial charge is 0.319 e. The van der Waals surface area contributed by atoms with Crippen LogP contribution in [0.15, 0.2) is 24.3 Å². The van der Waals surface area contributed by atoms with Gasteiger partial charge in [0.25, 0.3) is 0 Å². The summed E-state index contributed by atoms with van der Waals surface area (Å²) in [6.45, 7) is 8.61. The summed E-state index contributed by atoms with van der Waals surface area (Å²) >= 11 is 0. The molecule has 0 atom stereocenters. The monoisotopic (exact) mass is 278 g/mol. The van der Waals surface area contributed by atoms with Gasteiger partial charge in [-0.25, -0.2) is 4.79 Å². The highest BCUT2D eigenvalue weighted by atomic mass is 16.2. The van der Waals surface area contributed by atoms with Crippen LogP contribution in [0.25, 0.3) is 0 Å².